The first kappa shape index (κ1) is 29.7. The smallest absolute Gasteiger partial charge is 0.201 e. The van der Waals surface area contributed by atoms with Crippen LogP contribution in [-0.4, -0.2) is 6.61 Å². The minimum absolute atomic E-state index is 0.0545. The second-order valence-corrected chi connectivity index (χ2v) is 10.8. The fraction of sp³-hybridized carbons (Fsp3) is 0.389. The van der Waals surface area contributed by atoms with E-state index in [9.17, 15) is 8.78 Å². The molecule has 0 amide bonds. The molecule has 212 valence electrons. The Hall–Kier alpha value is -3.27. The van der Waals surface area contributed by atoms with Crippen molar-refractivity contribution >= 4 is 5.57 Å². The summed E-state index contributed by atoms with van der Waals surface area (Å²) in [7, 11) is 0. The van der Waals surface area contributed by atoms with Crippen molar-refractivity contribution in [2.24, 2.45) is 5.92 Å². The lowest BCUT2D eigenvalue weighted by atomic mass is 9.84. The fourth-order valence-corrected chi connectivity index (χ4v) is 5.45. The lowest BCUT2D eigenvalue weighted by molar-refractivity contribution is 0.285. The van der Waals surface area contributed by atoms with Gasteiger partial charge in [0, 0.05) is 11.1 Å². The third kappa shape index (κ3) is 7.68. The van der Waals surface area contributed by atoms with Crippen molar-refractivity contribution in [3.8, 4) is 28.0 Å². The Labute approximate surface area is 237 Å². The monoisotopic (exact) mass is 546 g/mol. The number of halogens is 3. The predicted molar refractivity (Wildman–Crippen MR) is 161 cm³/mol. The van der Waals surface area contributed by atoms with Gasteiger partial charge in [-0.3, -0.25) is 0 Å². The number of rotatable bonds is 13. The topological polar surface area (TPSA) is 9.23 Å². The number of unbranched alkanes of at least 4 members (excludes halogenated alkanes) is 4. The lowest BCUT2D eigenvalue weighted by Crippen LogP contribution is -2.06. The van der Waals surface area contributed by atoms with Crippen molar-refractivity contribution in [2.45, 2.75) is 78.1 Å². The molecule has 0 fully saturated rings. The molecule has 0 spiro atoms. The first-order chi connectivity index (χ1) is 19.5. The van der Waals surface area contributed by atoms with E-state index in [2.05, 4.69) is 25.2 Å². The van der Waals surface area contributed by atoms with Crippen LogP contribution in [0.1, 0.15) is 83.6 Å². The van der Waals surface area contributed by atoms with E-state index >= 15 is 4.39 Å². The van der Waals surface area contributed by atoms with Gasteiger partial charge in [0.05, 0.1) is 6.61 Å². The van der Waals surface area contributed by atoms with Crippen LogP contribution in [0.4, 0.5) is 13.2 Å². The molecular formula is C36H41F3O. The first-order valence-corrected chi connectivity index (χ1v) is 14.8. The van der Waals surface area contributed by atoms with Crippen molar-refractivity contribution in [1.29, 1.82) is 0 Å². The van der Waals surface area contributed by atoms with Crippen molar-refractivity contribution in [3.05, 3.63) is 95.8 Å². The molecule has 0 saturated heterocycles. The molecule has 1 atom stereocenters. The normalized spacial score (nSPS) is 15.4. The number of allylic oxidation sites excluding steroid dienone is 4. The highest BCUT2D eigenvalue weighted by molar-refractivity contribution is 5.74. The Balaban J connectivity index is 1.40. The van der Waals surface area contributed by atoms with E-state index in [1.165, 1.54) is 18.9 Å². The highest BCUT2D eigenvalue weighted by Crippen LogP contribution is 2.36. The van der Waals surface area contributed by atoms with Gasteiger partial charge in [-0.2, -0.15) is 4.39 Å². The number of hydrogen-bond acceptors (Lipinski definition) is 1. The summed E-state index contributed by atoms with van der Waals surface area (Å²) in [6.45, 7) is 4.57. The third-order valence-corrected chi connectivity index (χ3v) is 7.89. The Morgan fingerprint density at radius 2 is 1.55 bits per heavy atom. The van der Waals surface area contributed by atoms with E-state index in [-0.39, 0.29) is 17.1 Å². The van der Waals surface area contributed by atoms with E-state index < -0.39 is 11.6 Å². The summed E-state index contributed by atoms with van der Waals surface area (Å²) >= 11 is 0. The van der Waals surface area contributed by atoms with Gasteiger partial charge in [-0.05, 0) is 91.8 Å². The molecule has 0 saturated carbocycles. The molecule has 0 aliphatic heterocycles. The summed E-state index contributed by atoms with van der Waals surface area (Å²) in [5.41, 5.74) is 4.06. The SMILES string of the molecule is C/C=C/CCC1CC=C(c2ccc(-c3ccc(-c4ccc(OCCCCCCC)c(F)c4F)cc3)cc2F)CC1. The van der Waals surface area contributed by atoms with Crippen LogP contribution in [-0.2, 0) is 0 Å². The van der Waals surface area contributed by atoms with Crippen LogP contribution in [0.3, 0.4) is 0 Å². The van der Waals surface area contributed by atoms with E-state index in [1.807, 2.05) is 31.2 Å². The van der Waals surface area contributed by atoms with E-state index in [1.54, 1.807) is 24.3 Å². The van der Waals surface area contributed by atoms with Gasteiger partial charge >= 0.3 is 0 Å². The van der Waals surface area contributed by atoms with Crippen LogP contribution in [0.5, 0.6) is 5.75 Å². The van der Waals surface area contributed by atoms with Gasteiger partial charge in [0.15, 0.2) is 11.6 Å². The van der Waals surface area contributed by atoms with Crippen LogP contribution in [0.15, 0.2) is 72.8 Å². The third-order valence-electron chi connectivity index (χ3n) is 7.89. The van der Waals surface area contributed by atoms with E-state index in [0.717, 1.165) is 68.1 Å². The minimum Gasteiger partial charge on any atom is -0.490 e. The van der Waals surface area contributed by atoms with E-state index in [4.69, 9.17) is 4.74 Å². The Bertz CT molecular complexity index is 1310. The maximum atomic E-state index is 15.2. The molecular weight excluding hydrogens is 505 g/mol. The van der Waals surface area contributed by atoms with Crippen LogP contribution in [0.2, 0.25) is 0 Å². The van der Waals surface area contributed by atoms with Crippen LogP contribution < -0.4 is 4.74 Å². The molecule has 40 heavy (non-hydrogen) atoms. The zero-order valence-corrected chi connectivity index (χ0v) is 23.8. The summed E-state index contributed by atoms with van der Waals surface area (Å²) in [5.74, 6) is -1.50. The molecule has 0 N–H and O–H groups in total. The van der Waals surface area contributed by atoms with Gasteiger partial charge in [-0.1, -0.05) is 87.2 Å². The van der Waals surface area contributed by atoms with Gasteiger partial charge in [-0.25, -0.2) is 8.78 Å². The van der Waals surface area contributed by atoms with E-state index in [0.29, 0.717) is 23.7 Å². The van der Waals surface area contributed by atoms with Crippen molar-refractivity contribution in [1.82, 2.24) is 0 Å². The lowest BCUT2D eigenvalue weighted by Gasteiger charge is -2.22. The number of ether oxygens (including phenoxy) is 1. The molecule has 3 aromatic carbocycles. The van der Waals surface area contributed by atoms with Gasteiger partial charge in [-0.15, -0.1) is 0 Å². The fourth-order valence-electron chi connectivity index (χ4n) is 5.45. The molecule has 1 unspecified atom stereocenters. The van der Waals surface area contributed by atoms with Crippen molar-refractivity contribution in [3.63, 3.8) is 0 Å². The van der Waals surface area contributed by atoms with Gasteiger partial charge in [0.1, 0.15) is 5.82 Å². The Morgan fingerprint density at radius 1 is 0.825 bits per heavy atom. The zero-order chi connectivity index (χ0) is 28.3. The number of hydrogen-bond donors (Lipinski definition) is 0. The largest absolute Gasteiger partial charge is 0.490 e. The van der Waals surface area contributed by atoms with Crippen LogP contribution >= 0.6 is 0 Å². The predicted octanol–water partition coefficient (Wildman–Crippen LogP) is 11.3. The molecule has 1 aliphatic rings. The average Bonchev–Trinajstić information content (AvgIpc) is 2.98. The minimum atomic E-state index is -0.964. The first-order valence-electron chi connectivity index (χ1n) is 14.8. The summed E-state index contributed by atoms with van der Waals surface area (Å²) in [4.78, 5) is 0. The highest BCUT2D eigenvalue weighted by atomic mass is 19.2. The summed E-state index contributed by atoms with van der Waals surface area (Å²) < 4.78 is 50.3. The van der Waals surface area contributed by atoms with Gasteiger partial charge < -0.3 is 4.74 Å². The summed E-state index contributed by atoms with van der Waals surface area (Å²) in [6.07, 6.45) is 17.1. The molecule has 1 aliphatic carbocycles. The standard InChI is InChI=1S/C36H41F3O/c1-3-5-7-8-10-24-40-34-23-22-32(35(38)36(34)39)29-18-16-27(17-19-29)30-20-21-31(33(37)25-30)28-14-12-26(13-15-28)11-9-6-4-2/h4,6,14,16-23,25-26H,3,5,7-13,15,24H2,1-2H3/b6-4+. The Kier molecular flexibility index (Phi) is 11.1. The maximum absolute atomic E-state index is 15.2. The van der Waals surface area contributed by atoms with Gasteiger partial charge in [0.25, 0.3) is 0 Å². The molecule has 4 heteroatoms. The van der Waals surface area contributed by atoms with Crippen LogP contribution in [0, 0.1) is 23.4 Å². The molecule has 0 aromatic heterocycles. The van der Waals surface area contributed by atoms with Crippen LogP contribution in [0.25, 0.3) is 27.8 Å². The molecule has 3 aromatic rings. The zero-order valence-electron chi connectivity index (χ0n) is 23.8. The maximum Gasteiger partial charge on any atom is 0.201 e. The second kappa shape index (κ2) is 14.9. The highest BCUT2D eigenvalue weighted by Gasteiger charge is 2.18. The summed E-state index contributed by atoms with van der Waals surface area (Å²) in [6, 6.07) is 15.5. The average molecular weight is 547 g/mol. The number of benzene rings is 3. The molecule has 0 bridgehead atoms. The van der Waals surface area contributed by atoms with Crippen molar-refractivity contribution in [2.75, 3.05) is 6.61 Å². The van der Waals surface area contributed by atoms with Crippen molar-refractivity contribution < 1.29 is 17.9 Å². The summed E-state index contributed by atoms with van der Waals surface area (Å²) in [5, 5.41) is 0. The molecule has 1 nitrogen and oxygen atoms in total. The quantitative estimate of drug-likeness (QED) is 0.153. The second-order valence-electron chi connectivity index (χ2n) is 10.8. The Morgan fingerprint density at radius 3 is 2.25 bits per heavy atom. The molecule has 0 heterocycles. The molecule has 0 radical (unpaired) electrons. The molecule has 4 rings (SSSR count). The van der Waals surface area contributed by atoms with Gasteiger partial charge in [0.2, 0.25) is 5.82 Å².